The Labute approximate surface area is 169 Å². The Balaban J connectivity index is 1.41. The van der Waals surface area contributed by atoms with Crippen LogP contribution in [0.1, 0.15) is 11.1 Å². The summed E-state index contributed by atoms with van der Waals surface area (Å²) in [7, 11) is -3.65. The Morgan fingerprint density at radius 1 is 0.966 bits per heavy atom. The van der Waals surface area contributed by atoms with E-state index in [1.165, 1.54) is 10.8 Å². The van der Waals surface area contributed by atoms with Crippen molar-refractivity contribution in [3.8, 4) is 11.3 Å². The fraction of sp³-hybridized carbons (Fsp3) is 0.136. The third-order valence-electron chi connectivity index (χ3n) is 4.93. The van der Waals surface area contributed by atoms with E-state index in [0.717, 1.165) is 35.3 Å². The van der Waals surface area contributed by atoms with E-state index in [4.69, 9.17) is 5.14 Å². The van der Waals surface area contributed by atoms with Crippen molar-refractivity contribution in [1.29, 1.82) is 0 Å². The van der Waals surface area contributed by atoms with E-state index in [1.54, 1.807) is 24.3 Å². The minimum absolute atomic E-state index is 0.132. The number of nitrogens with zero attached hydrogens (tertiary/aromatic N) is 1. The van der Waals surface area contributed by atoms with E-state index in [-0.39, 0.29) is 4.90 Å². The van der Waals surface area contributed by atoms with Gasteiger partial charge in [-0.1, -0.05) is 54.6 Å². The van der Waals surface area contributed by atoms with Gasteiger partial charge in [-0.25, -0.2) is 13.6 Å². The molecule has 0 aliphatic rings. The molecule has 0 spiro atoms. The number of hydrogen-bond acceptors (Lipinski definition) is 4. The highest BCUT2D eigenvalue weighted by molar-refractivity contribution is 7.89. The van der Waals surface area contributed by atoms with Crippen molar-refractivity contribution in [3.05, 3.63) is 84.1 Å². The van der Waals surface area contributed by atoms with Crippen LogP contribution in [0.3, 0.4) is 0 Å². The number of nitrogens with two attached hydrogens (primary N) is 1. The molecule has 0 saturated carbocycles. The van der Waals surface area contributed by atoms with Crippen molar-refractivity contribution in [3.63, 3.8) is 0 Å². The van der Waals surface area contributed by atoms with Gasteiger partial charge in [0.15, 0.2) is 0 Å². The highest BCUT2D eigenvalue weighted by Crippen LogP contribution is 2.29. The van der Waals surface area contributed by atoms with Crippen LogP contribution in [0.4, 0.5) is 0 Å². The monoisotopic (exact) mass is 406 g/mol. The SMILES string of the molecule is NS(=O)(=O)c1ccc(CCNCc2cn[nH]c2-c2cccc3ccccc23)cc1. The Bertz CT molecular complexity index is 1230. The highest BCUT2D eigenvalue weighted by Gasteiger charge is 2.11. The number of aromatic nitrogens is 2. The lowest BCUT2D eigenvalue weighted by Gasteiger charge is -2.09. The molecule has 1 aromatic heterocycles. The fourth-order valence-corrected chi connectivity index (χ4v) is 3.94. The molecule has 0 aliphatic heterocycles. The zero-order valence-electron chi connectivity index (χ0n) is 15.8. The minimum atomic E-state index is -3.65. The standard InChI is InChI=1S/C22H22N4O2S/c23-29(27,28)19-10-8-16(9-11-19)12-13-24-14-18-15-25-26-22(18)21-7-3-5-17-4-1-2-6-20(17)21/h1-11,15,24H,12-14H2,(H,25,26)(H2,23,27,28). The summed E-state index contributed by atoms with van der Waals surface area (Å²) in [5, 5.41) is 18.3. The summed E-state index contributed by atoms with van der Waals surface area (Å²) in [4.78, 5) is 0.132. The van der Waals surface area contributed by atoms with Gasteiger partial charge in [-0.3, -0.25) is 5.10 Å². The zero-order chi connectivity index (χ0) is 20.3. The third-order valence-corrected chi connectivity index (χ3v) is 5.86. The first-order valence-electron chi connectivity index (χ1n) is 9.35. The van der Waals surface area contributed by atoms with Gasteiger partial charge in [0, 0.05) is 17.7 Å². The number of benzene rings is 3. The zero-order valence-corrected chi connectivity index (χ0v) is 16.6. The van der Waals surface area contributed by atoms with Crippen LogP contribution in [-0.2, 0) is 23.0 Å². The molecule has 7 heteroatoms. The van der Waals surface area contributed by atoms with Gasteiger partial charge in [0.05, 0.1) is 16.8 Å². The first-order chi connectivity index (χ1) is 14.0. The van der Waals surface area contributed by atoms with Crippen molar-refractivity contribution >= 4 is 20.8 Å². The molecule has 0 bridgehead atoms. The van der Waals surface area contributed by atoms with Crippen molar-refractivity contribution in [2.75, 3.05) is 6.54 Å². The average molecular weight is 407 g/mol. The van der Waals surface area contributed by atoms with Crippen LogP contribution < -0.4 is 10.5 Å². The molecule has 148 valence electrons. The van der Waals surface area contributed by atoms with Crippen LogP contribution in [0.2, 0.25) is 0 Å². The lowest BCUT2D eigenvalue weighted by molar-refractivity contribution is 0.597. The van der Waals surface area contributed by atoms with Gasteiger partial charge in [0.25, 0.3) is 0 Å². The Kier molecular flexibility index (Phi) is 5.44. The first-order valence-corrected chi connectivity index (χ1v) is 10.9. The van der Waals surface area contributed by atoms with Gasteiger partial charge in [-0.2, -0.15) is 5.10 Å². The molecule has 0 radical (unpaired) electrons. The number of rotatable bonds is 7. The molecule has 4 N–H and O–H groups in total. The molecule has 6 nitrogen and oxygen atoms in total. The quantitative estimate of drug-likeness (QED) is 0.410. The number of primary sulfonamides is 1. The van der Waals surface area contributed by atoms with E-state index < -0.39 is 10.0 Å². The molecule has 4 aromatic rings. The minimum Gasteiger partial charge on any atom is -0.312 e. The Morgan fingerprint density at radius 3 is 2.52 bits per heavy atom. The van der Waals surface area contributed by atoms with Gasteiger partial charge in [0.2, 0.25) is 10.0 Å². The second kappa shape index (κ2) is 8.16. The lowest BCUT2D eigenvalue weighted by Crippen LogP contribution is -2.17. The molecular formula is C22H22N4O2S. The number of hydrogen-bond donors (Lipinski definition) is 3. The van der Waals surface area contributed by atoms with Crippen molar-refractivity contribution in [1.82, 2.24) is 15.5 Å². The molecule has 0 aliphatic carbocycles. The molecule has 3 aromatic carbocycles. The van der Waals surface area contributed by atoms with E-state index in [2.05, 4.69) is 45.8 Å². The Morgan fingerprint density at radius 2 is 1.72 bits per heavy atom. The van der Waals surface area contributed by atoms with Gasteiger partial charge < -0.3 is 5.32 Å². The predicted molar refractivity (Wildman–Crippen MR) is 115 cm³/mol. The van der Waals surface area contributed by atoms with Crippen molar-refractivity contribution in [2.45, 2.75) is 17.9 Å². The molecule has 1 heterocycles. The van der Waals surface area contributed by atoms with Crippen molar-refractivity contribution in [2.24, 2.45) is 5.14 Å². The van der Waals surface area contributed by atoms with Crippen LogP contribution in [0, 0.1) is 0 Å². The van der Waals surface area contributed by atoms with Crippen LogP contribution in [-0.4, -0.2) is 25.2 Å². The highest BCUT2D eigenvalue weighted by atomic mass is 32.2. The molecular weight excluding hydrogens is 384 g/mol. The van der Waals surface area contributed by atoms with E-state index >= 15 is 0 Å². The van der Waals surface area contributed by atoms with Gasteiger partial charge in [-0.05, 0) is 41.4 Å². The topological polar surface area (TPSA) is 101 Å². The summed E-state index contributed by atoms with van der Waals surface area (Å²) in [5.74, 6) is 0. The molecule has 29 heavy (non-hydrogen) atoms. The average Bonchev–Trinajstić information content (AvgIpc) is 3.19. The summed E-state index contributed by atoms with van der Waals surface area (Å²) in [6.07, 6.45) is 2.64. The molecule has 0 amide bonds. The smallest absolute Gasteiger partial charge is 0.238 e. The van der Waals surface area contributed by atoms with Crippen LogP contribution in [0.15, 0.2) is 77.8 Å². The summed E-state index contributed by atoms with van der Waals surface area (Å²) in [6, 6.07) is 21.2. The molecule has 0 unspecified atom stereocenters. The second-order valence-corrected chi connectivity index (χ2v) is 8.47. The number of aromatic amines is 1. The van der Waals surface area contributed by atoms with E-state index in [1.807, 2.05) is 18.3 Å². The Hall–Kier alpha value is -3.00. The summed E-state index contributed by atoms with van der Waals surface area (Å²) in [5.41, 5.74) is 4.31. The fourth-order valence-electron chi connectivity index (χ4n) is 3.42. The number of H-pyrrole nitrogens is 1. The summed E-state index contributed by atoms with van der Waals surface area (Å²) < 4.78 is 22.6. The molecule has 0 fully saturated rings. The van der Waals surface area contributed by atoms with Gasteiger partial charge in [-0.15, -0.1) is 0 Å². The lowest BCUT2D eigenvalue weighted by atomic mass is 10.00. The van der Waals surface area contributed by atoms with Gasteiger partial charge >= 0.3 is 0 Å². The van der Waals surface area contributed by atoms with E-state index in [0.29, 0.717) is 6.54 Å². The maximum absolute atomic E-state index is 11.3. The second-order valence-electron chi connectivity index (χ2n) is 6.91. The normalized spacial score (nSPS) is 11.8. The molecule has 0 atom stereocenters. The maximum atomic E-state index is 11.3. The van der Waals surface area contributed by atoms with Crippen LogP contribution in [0.5, 0.6) is 0 Å². The maximum Gasteiger partial charge on any atom is 0.238 e. The number of fused-ring (bicyclic) bond motifs is 1. The first kappa shape index (κ1) is 19.3. The third kappa shape index (κ3) is 4.37. The van der Waals surface area contributed by atoms with E-state index in [9.17, 15) is 8.42 Å². The summed E-state index contributed by atoms with van der Waals surface area (Å²) in [6.45, 7) is 1.44. The molecule has 4 rings (SSSR count). The summed E-state index contributed by atoms with van der Waals surface area (Å²) >= 11 is 0. The molecule has 0 saturated heterocycles. The van der Waals surface area contributed by atoms with Gasteiger partial charge in [0.1, 0.15) is 0 Å². The number of nitrogens with one attached hydrogen (secondary N) is 2. The van der Waals surface area contributed by atoms with Crippen molar-refractivity contribution < 1.29 is 8.42 Å². The largest absolute Gasteiger partial charge is 0.312 e. The van der Waals surface area contributed by atoms with Crippen LogP contribution in [0.25, 0.3) is 22.0 Å². The van der Waals surface area contributed by atoms with Crippen LogP contribution >= 0.6 is 0 Å². The number of sulfonamides is 1. The predicted octanol–water partition coefficient (Wildman–Crippen LogP) is 3.21.